The molecule has 0 spiro atoms. The van der Waals surface area contributed by atoms with Gasteiger partial charge in [0.2, 0.25) is 0 Å². The Morgan fingerprint density at radius 2 is 1.05 bits per heavy atom. The number of nitrogens with two attached hydrogens (primary N) is 1. The Hall–Kier alpha value is -4.22. The number of benzene rings is 2. The smallest absolute Gasteiger partial charge is 0.333 e. The molecule has 2 aromatic heterocycles. The molecule has 0 bridgehead atoms. The van der Waals surface area contributed by atoms with E-state index in [-0.39, 0.29) is 45.8 Å². The number of amides is 2. The number of rotatable bonds is 15. The zero-order valence-electron chi connectivity index (χ0n) is 40.1. The number of hydrogen-bond donors (Lipinski definition) is 3. The first-order chi connectivity index (χ1) is 29.4. The third-order valence-electron chi connectivity index (χ3n) is 9.46. The number of anilines is 1. The molecule has 0 fully saturated rings. The van der Waals surface area contributed by atoms with Gasteiger partial charge < -0.3 is 19.9 Å². The number of halogens is 2. The molecule has 4 rings (SSSR count). The number of nitriles is 1. The van der Waals surface area contributed by atoms with Gasteiger partial charge in [0.1, 0.15) is 5.75 Å². The number of nitrogens with zero attached hydrogens (tertiary/aromatic N) is 7. The first-order valence-electron chi connectivity index (χ1n) is 21.0. The van der Waals surface area contributed by atoms with Crippen LogP contribution >= 0.6 is 23.2 Å². The highest BCUT2D eigenvalue weighted by atomic mass is 35.5. The molecule has 0 saturated carbocycles. The van der Waals surface area contributed by atoms with Gasteiger partial charge in [0.05, 0.1) is 11.4 Å². The topological polar surface area (TPSA) is 211 Å². The number of carbonyl (C=O) groups is 1. The predicted molar refractivity (Wildman–Crippen MR) is 256 cm³/mol. The van der Waals surface area contributed by atoms with E-state index in [1.54, 1.807) is 27.8 Å². The fraction of sp³-hybridized carbons (Fsp3) is 0.545. The van der Waals surface area contributed by atoms with E-state index in [1.165, 1.54) is 12.1 Å². The van der Waals surface area contributed by atoms with Gasteiger partial charge in [-0.15, -0.1) is 5.26 Å². The Morgan fingerprint density at radius 3 is 1.38 bits per heavy atom. The van der Waals surface area contributed by atoms with Crippen LogP contribution in [0.3, 0.4) is 0 Å². The number of nitrogens with one attached hydrogen (secondary N) is 2. The molecule has 0 aliphatic rings. The highest BCUT2D eigenvalue weighted by Crippen LogP contribution is 2.38. The first-order valence-corrected chi connectivity index (χ1v) is 24.8. The van der Waals surface area contributed by atoms with Crippen LogP contribution in [0.2, 0.25) is 10.0 Å². The van der Waals surface area contributed by atoms with Crippen LogP contribution in [0.15, 0.2) is 46.5 Å². The highest BCUT2D eigenvalue weighted by molar-refractivity contribution is 7.90. The molecule has 0 aliphatic carbocycles. The van der Waals surface area contributed by atoms with Gasteiger partial charge in [-0.2, -0.15) is 18.6 Å². The Labute approximate surface area is 391 Å². The van der Waals surface area contributed by atoms with Gasteiger partial charge in [-0.05, 0) is 115 Å². The molecule has 2 aromatic carbocycles. The van der Waals surface area contributed by atoms with Crippen LogP contribution in [-0.4, -0.2) is 80.4 Å². The molecule has 16 nitrogen and oxygen atoms in total. The number of ether oxygens (including phenoxy) is 1. The van der Waals surface area contributed by atoms with Gasteiger partial charge in [-0.3, -0.25) is 9.36 Å². The van der Waals surface area contributed by atoms with Crippen LogP contribution < -0.4 is 19.9 Å². The summed E-state index contributed by atoms with van der Waals surface area (Å²) in [7, 11) is -0.284. The second-order valence-corrected chi connectivity index (χ2v) is 21.8. The van der Waals surface area contributed by atoms with Crippen molar-refractivity contribution >= 4 is 55.0 Å². The van der Waals surface area contributed by atoms with E-state index in [4.69, 9.17) is 38.3 Å². The van der Waals surface area contributed by atoms with Crippen LogP contribution in [-0.2, 0) is 33.1 Å². The summed E-state index contributed by atoms with van der Waals surface area (Å²) in [6.45, 7) is 25.0. The predicted octanol–water partition coefficient (Wildman–Crippen LogP) is 9.56. The van der Waals surface area contributed by atoms with Crippen molar-refractivity contribution in [3.05, 3.63) is 80.1 Å². The lowest BCUT2D eigenvalue weighted by Gasteiger charge is -2.21. The summed E-state index contributed by atoms with van der Waals surface area (Å²) in [4.78, 5) is 16.6. The summed E-state index contributed by atoms with van der Waals surface area (Å²) in [6, 6.07) is 9.57. The first kappa shape index (κ1) is 55.9. The minimum Gasteiger partial charge on any atom is -0.387 e. The van der Waals surface area contributed by atoms with Gasteiger partial charge in [0, 0.05) is 64.2 Å². The third kappa shape index (κ3) is 16.0. The van der Waals surface area contributed by atoms with E-state index < -0.39 is 26.1 Å². The van der Waals surface area contributed by atoms with E-state index in [1.807, 2.05) is 106 Å². The van der Waals surface area contributed by atoms with Crippen LogP contribution in [0.1, 0.15) is 152 Å². The lowest BCUT2D eigenvalue weighted by atomic mass is 9.92. The van der Waals surface area contributed by atoms with Gasteiger partial charge in [0.15, 0.2) is 10.1 Å². The zero-order chi connectivity index (χ0) is 49.2. The number of carbonyl (C=O) groups excluding carboxylic acids is 1. The van der Waals surface area contributed by atoms with E-state index >= 15 is 0 Å². The van der Waals surface area contributed by atoms with Gasteiger partial charge in [-0.25, -0.2) is 23.1 Å². The van der Waals surface area contributed by atoms with Crippen molar-refractivity contribution in [1.29, 1.82) is 5.26 Å². The summed E-state index contributed by atoms with van der Waals surface area (Å²) >= 11 is 12.3. The maximum atomic E-state index is 12.9. The maximum absolute atomic E-state index is 12.9. The summed E-state index contributed by atoms with van der Waals surface area (Å²) in [5.41, 5.74) is 5.80. The van der Waals surface area contributed by atoms with E-state index in [0.717, 1.165) is 33.6 Å². The molecule has 0 saturated heterocycles. The van der Waals surface area contributed by atoms with Gasteiger partial charge >= 0.3 is 6.03 Å². The van der Waals surface area contributed by atoms with E-state index in [0.29, 0.717) is 34.6 Å². The minimum atomic E-state index is -4.16. The Kier molecular flexibility index (Phi) is 20.8. The highest BCUT2D eigenvalue weighted by Gasteiger charge is 2.26. The van der Waals surface area contributed by atoms with Gasteiger partial charge in [-0.1, -0.05) is 78.6 Å². The third-order valence-corrected chi connectivity index (χ3v) is 11.9. The second kappa shape index (κ2) is 23.8. The fourth-order valence-corrected chi connectivity index (χ4v) is 8.40. The quantitative estimate of drug-likeness (QED) is 0.0955. The summed E-state index contributed by atoms with van der Waals surface area (Å²) in [5.74, 6) is 1.37. The standard InChI is InChI=1S/C22H34ClN5O3S.C13H16ClNO.C9H18N4O2S/c1-13(2)18-9-16(23)10-19(14(3)4)21(18)24-22(29)26-32(30,31)20-11-17(12-27(7)8)28(25-20)15(5)6;1-8(2)11-5-10(14)6-12(9(3)4)13(11)16-7-15;1-7(2)13-8(6-12(3)4)5-9(11-13)16(10,14)15/h9-11,13-15H,12H2,1-8H3,(H2,24,26,29);5-6,8-9H,1-4H3;5,7H,6H2,1-4H3,(H2,10,14,15). The fourth-order valence-electron chi connectivity index (χ4n) is 6.54. The van der Waals surface area contributed by atoms with Crippen molar-refractivity contribution in [1.82, 2.24) is 34.1 Å². The molecule has 64 heavy (non-hydrogen) atoms. The zero-order valence-corrected chi connectivity index (χ0v) is 43.2. The van der Waals surface area contributed by atoms with Crippen molar-refractivity contribution < 1.29 is 26.4 Å². The van der Waals surface area contributed by atoms with Crippen molar-refractivity contribution in [3.8, 4) is 12.0 Å². The average Bonchev–Trinajstić information content (AvgIpc) is 3.78. The van der Waals surface area contributed by atoms with Crippen LogP contribution in [0.4, 0.5) is 10.5 Å². The van der Waals surface area contributed by atoms with Crippen LogP contribution in [0.5, 0.6) is 5.75 Å². The monoisotopic (exact) mass is 966 g/mol. The van der Waals surface area contributed by atoms with Crippen LogP contribution in [0, 0.1) is 11.5 Å². The molecule has 2 amide bonds. The molecule has 356 valence electrons. The van der Waals surface area contributed by atoms with Crippen molar-refractivity contribution in [2.75, 3.05) is 33.5 Å². The van der Waals surface area contributed by atoms with E-state index in [9.17, 15) is 21.6 Å². The number of hydrogen-bond acceptors (Lipinski definition) is 11. The largest absolute Gasteiger partial charge is 0.387 e. The minimum absolute atomic E-state index is 0.0287. The second-order valence-electron chi connectivity index (χ2n) is 17.8. The molecule has 0 unspecified atom stereocenters. The SMILES string of the molecule is CC(C)c1cc(Cl)cc(C(C)C)c1NC(=O)NS(=O)(=O)c1cc(CN(C)C)n(C(C)C)n1.CC(C)c1cc(Cl)cc(C(C)C)c1OC#N.CC(C)n1nc(S(N)(=O)=O)cc1CN(C)C. The molecular formula is C44H68Cl2N10O6S2. The average molecular weight is 968 g/mol. The normalized spacial score (nSPS) is 12.0. The molecule has 0 aliphatic heterocycles. The summed E-state index contributed by atoms with van der Waals surface area (Å²) < 4.78 is 58.7. The van der Waals surface area contributed by atoms with E-state index in [2.05, 4.69) is 47.9 Å². The lowest BCUT2D eigenvalue weighted by molar-refractivity contribution is 0.256. The Bertz CT molecular complexity index is 2410. The molecule has 4 aromatic rings. The molecule has 0 atom stereocenters. The number of urea groups is 1. The number of primary sulfonamides is 1. The number of aromatic nitrogens is 4. The van der Waals surface area contributed by atoms with Crippen LogP contribution in [0.25, 0.3) is 0 Å². The molecule has 0 radical (unpaired) electrons. The Morgan fingerprint density at radius 1 is 0.688 bits per heavy atom. The Balaban J connectivity index is 0.000000368. The molecule has 20 heteroatoms. The van der Waals surface area contributed by atoms with Crippen molar-refractivity contribution in [2.24, 2.45) is 5.14 Å². The number of sulfonamides is 2. The maximum Gasteiger partial charge on any atom is 0.333 e. The molecule has 4 N–H and O–H groups in total. The van der Waals surface area contributed by atoms with Crippen molar-refractivity contribution in [2.45, 2.75) is 142 Å². The molecule has 2 heterocycles. The van der Waals surface area contributed by atoms with Crippen molar-refractivity contribution in [3.63, 3.8) is 0 Å². The summed E-state index contributed by atoms with van der Waals surface area (Å²) in [5, 5.41) is 25.7. The lowest BCUT2D eigenvalue weighted by Crippen LogP contribution is -2.35. The molecular weight excluding hydrogens is 900 g/mol. The summed E-state index contributed by atoms with van der Waals surface area (Å²) in [6.07, 6.45) is 1.75. The van der Waals surface area contributed by atoms with Gasteiger partial charge in [0.25, 0.3) is 26.3 Å².